The van der Waals surface area contributed by atoms with Crippen molar-refractivity contribution >= 4 is 40.8 Å². The Labute approximate surface area is 145 Å². The molecule has 0 heterocycles. The van der Waals surface area contributed by atoms with Crippen LogP contribution in [0.4, 0.5) is 5.69 Å². The Bertz CT molecular complexity index is 634. The van der Waals surface area contributed by atoms with E-state index in [0.717, 1.165) is 19.3 Å². The Morgan fingerprint density at radius 1 is 1.26 bits per heavy atom. The van der Waals surface area contributed by atoms with E-state index in [9.17, 15) is 9.59 Å². The third kappa shape index (κ3) is 3.48. The highest BCUT2D eigenvalue weighted by molar-refractivity contribution is 6.44. The maximum Gasteiger partial charge on any atom is 0.309 e. The first-order chi connectivity index (χ1) is 11.0. The van der Waals surface area contributed by atoms with E-state index in [1.54, 1.807) is 25.1 Å². The number of carbonyl (C=O) groups is 2. The zero-order valence-electron chi connectivity index (χ0n) is 12.9. The van der Waals surface area contributed by atoms with E-state index < -0.39 is 12.0 Å². The maximum absolute atomic E-state index is 12.3. The van der Waals surface area contributed by atoms with Crippen molar-refractivity contribution in [3.63, 3.8) is 0 Å². The molecule has 2 aliphatic rings. The fourth-order valence-corrected chi connectivity index (χ4v) is 4.03. The molecule has 4 atom stereocenters. The van der Waals surface area contributed by atoms with Gasteiger partial charge in [0.05, 0.1) is 21.7 Å². The number of halogens is 2. The average Bonchev–Trinajstić information content (AvgIpc) is 3.14. The van der Waals surface area contributed by atoms with Gasteiger partial charge in [-0.1, -0.05) is 35.7 Å². The number of anilines is 1. The first-order valence-corrected chi connectivity index (χ1v) is 8.66. The number of hydrogen-bond donors (Lipinski definition) is 1. The molecule has 2 aliphatic carbocycles. The van der Waals surface area contributed by atoms with E-state index in [1.165, 1.54) is 6.42 Å². The van der Waals surface area contributed by atoms with Gasteiger partial charge in [-0.05, 0) is 50.2 Å². The molecule has 1 amide bonds. The summed E-state index contributed by atoms with van der Waals surface area (Å²) in [5.41, 5.74) is 0.409. The molecule has 0 aromatic heterocycles. The average molecular weight is 356 g/mol. The normalized spacial score (nSPS) is 26.8. The number of amides is 1. The quantitative estimate of drug-likeness (QED) is 0.819. The molecule has 4 nitrogen and oxygen atoms in total. The Morgan fingerprint density at radius 3 is 2.70 bits per heavy atom. The minimum atomic E-state index is -0.864. The smallest absolute Gasteiger partial charge is 0.309 e. The first-order valence-electron chi connectivity index (χ1n) is 7.91. The molecule has 2 bridgehead atoms. The number of hydrogen-bond acceptors (Lipinski definition) is 3. The topological polar surface area (TPSA) is 55.4 Å². The van der Waals surface area contributed by atoms with Gasteiger partial charge in [0.2, 0.25) is 0 Å². The second-order valence-electron chi connectivity index (χ2n) is 6.45. The Kier molecular flexibility index (Phi) is 4.83. The Balaban J connectivity index is 1.57. The van der Waals surface area contributed by atoms with E-state index in [-0.39, 0.29) is 16.9 Å². The van der Waals surface area contributed by atoms with Crippen LogP contribution in [0.3, 0.4) is 0 Å². The molecule has 1 N–H and O–H groups in total. The lowest BCUT2D eigenvalue weighted by molar-refractivity contribution is -0.158. The van der Waals surface area contributed by atoms with Gasteiger partial charge in [-0.2, -0.15) is 0 Å². The summed E-state index contributed by atoms with van der Waals surface area (Å²) >= 11 is 12.0. The number of benzene rings is 1. The summed E-state index contributed by atoms with van der Waals surface area (Å²) in [5, 5.41) is 3.28. The summed E-state index contributed by atoms with van der Waals surface area (Å²) in [6.07, 6.45) is 3.48. The molecule has 23 heavy (non-hydrogen) atoms. The fraction of sp³-hybridized carbons (Fsp3) is 0.529. The van der Waals surface area contributed by atoms with Crippen LogP contribution in [-0.2, 0) is 14.3 Å². The van der Waals surface area contributed by atoms with Crippen molar-refractivity contribution in [1.29, 1.82) is 0 Å². The van der Waals surface area contributed by atoms with Crippen LogP contribution in [0.1, 0.15) is 32.6 Å². The molecule has 4 unspecified atom stereocenters. The molecule has 0 spiro atoms. The van der Waals surface area contributed by atoms with E-state index in [1.807, 2.05) is 0 Å². The van der Waals surface area contributed by atoms with Crippen molar-refractivity contribution in [2.45, 2.75) is 38.7 Å². The standard InChI is InChI=1S/C17H19Cl2NO3/c1-9(16(21)20-14-4-2-3-13(18)15(14)19)23-17(22)12-8-10-5-6-11(12)7-10/h2-4,9-12H,5-8H2,1H3,(H,20,21). The predicted molar refractivity (Wildman–Crippen MR) is 89.6 cm³/mol. The zero-order chi connectivity index (χ0) is 16.6. The summed E-state index contributed by atoms with van der Waals surface area (Å²) in [6.45, 7) is 1.57. The minimum absolute atomic E-state index is 0.0428. The van der Waals surface area contributed by atoms with E-state index in [0.29, 0.717) is 22.5 Å². The Morgan fingerprint density at radius 2 is 2.04 bits per heavy atom. The first kappa shape index (κ1) is 16.6. The molecule has 6 heteroatoms. The van der Waals surface area contributed by atoms with Crippen LogP contribution >= 0.6 is 23.2 Å². The largest absolute Gasteiger partial charge is 0.452 e. The van der Waals surface area contributed by atoms with Crippen molar-refractivity contribution in [3.8, 4) is 0 Å². The van der Waals surface area contributed by atoms with Crippen LogP contribution in [0.5, 0.6) is 0 Å². The van der Waals surface area contributed by atoms with Gasteiger partial charge < -0.3 is 10.1 Å². The van der Waals surface area contributed by atoms with E-state index in [2.05, 4.69) is 5.32 Å². The molecule has 1 aromatic carbocycles. The monoisotopic (exact) mass is 355 g/mol. The summed E-state index contributed by atoms with van der Waals surface area (Å²) in [6, 6.07) is 4.98. The molecule has 2 saturated carbocycles. The lowest BCUT2D eigenvalue weighted by Gasteiger charge is -2.22. The summed E-state index contributed by atoms with van der Waals surface area (Å²) in [7, 11) is 0. The number of nitrogens with one attached hydrogen (secondary N) is 1. The van der Waals surface area contributed by atoms with Crippen molar-refractivity contribution in [2.75, 3.05) is 5.32 Å². The van der Waals surface area contributed by atoms with Crippen LogP contribution in [0, 0.1) is 17.8 Å². The maximum atomic E-state index is 12.3. The van der Waals surface area contributed by atoms with Crippen molar-refractivity contribution in [2.24, 2.45) is 17.8 Å². The SMILES string of the molecule is CC(OC(=O)C1CC2CCC1C2)C(=O)Nc1cccc(Cl)c1Cl. The predicted octanol–water partition coefficient (Wildman–Crippen LogP) is 4.30. The highest BCUT2D eigenvalue weighted by atomic mass is 35.5. The molecule has 2 fully saturated rings. The van der Waals surface area contributed by atoms with Crippen LogP contribution < -0.4 is 5.32 Å². The van der Waals surface area contributed by atoms with Crippen LogP contribution in [0.25, 0.3) is 0 Å². The van der Waals surface area contributed by atoms with E-state index in [4.69, 9.17) is 27.9 Å². The van der Waals surface area contributed by atoms with Gasteiger partial charge in [0.15, 0.2) is 6.10 Å². The van der Waals surface area contributed by atoms with Crippen LogP contribution in [-0.4, -0.2) is 18.0 Å². The molecular formula is C17H19Cl2NO3. The van der Waals surface area contributed by atoms with Gasteiger partial charge in [0.1, 0.15) is 0 Å². The number of esters is 1. The molecule has 0 radical (unpaired) electrons. The second kappa shape index (κ2) is 6.70. The van der Waals surface area contributed by atoms with E-state index >= 15 is 0 Å². The molecule has 3 rings (SSSR count). The molecule has 124 valence electrons. The molecular weight excluding hydrogens is 337 g/mol. The van der Waals surface area contributed by atoms with Crippen molar-refractivity contribution < 1.29 is 14.3 Å². The van der Waals surface area contributed by atoms with Gasteiger partial charge in [0, 0.05) is 0 Å². The summed E-state index contributed by atoms with van der Waals surface area (Å²) in [5.74, 6) is 0.388. The number of rotatable bonds is 4. The highest BCUT2D eigenvalue weighted by Crippen LogP contribution is 2.48. The number of fused-ring (bicyclic) bond motifs is 2. The van der Waals surface area contributed by atoms with Gasteiger partial charge in [-0.15, -0.1) is 0 Å². The van der Waals surface area contributed by atoms with Crippen LogP contribution in [0.15, 0.2) is 18.2 Å². The third-order valence-corrected chi connectivity index (χ3v) is 5.73. The minimum Gasteiger partial charge on any atom is -0.452 e. The molecule has 0 saturated heterocycles. The molecule has 0 aliphatic heterocycles. The summed E-state index contributed by atoms with van der Waals surface area (Å²) < 4.78 is 5.36. The van der Waals surface area contributed by atoms with Gasteiger partial charge in [-0.25, -0.2) is 0 Å². The van der Waals surface area contributed by atoms with Crippen molar-refractivity contribution in [1.82, 2.24) is 0 Å². The Hall–Kier alpha value is -1.26. The number of ether oxygens (including phenoxy) is 1. The number of carbonyl (C=O) groups excluding carboxylic acids is 2. The second-order valence-corrected chi connectivity index (χ2v) is 7.24. The lowest BCUT2D eigenvalue weighted by Crippen LogP contribution is -2.33. The van der Waals surface area contributed by atoms with Gasteiger partial charge >= 0.3 is 5.97 Å². The lowest BCUT2D eigenvalue weighted by atomic mass is 9.89. The zero-order valence-corrected chi connectivity index (χ0v) is 14.4. The van der Waals surface area contributed by atoms with Gasteiger partial charge in [0.25, 0.3) is 5.91 Å². The van der Waals surface area contributed by atoms with Crippen molar-refractivity contribution in [3.05, 3.63) is 28.2 Å². The van der Waals surface area contributed by atoms with Crippen LogP contribution in [0.2, 0.25) is 10.0 Å². The fourth-order valence-electron chi connectivity index (χ4n) is 3.68. The van der Waals surface area contributed by atoms with Gasteiger partial charge in [-0.3, -0.25) is 9.59 Å². The highest BCUT2D eigenvalue weighted by Gasteiger charge is 2.44. The molecule has 1 aromatic rings. The third-order valence-electron chi connectivity index (χ3n) is 4.91. The summed E-state index contributed by atoms with van der Waals surface area (Å²) in [4.78, 5) is 24.5.